The van der Waals surface area contributed by atoms with Crippen molar-refractivity contribution in [2.75, 3.05) is 13.1 Å². The number of aromatic nitrogens is 2. The fourth-order valence-electron chi connectivity index (χ4n) is 4.23. The standard InChI is InChI=1S/C19H26N4O3/c1-11-9-13(11)19(26)23-7-4-3-5-16(23)17-20-15-6-8-22(12(2)24)10-14(15)18(25)21-17/h11,13,16H,3-10H2,1-2H3,(H,20,21,25). The van der Waals surface area contributed by atoms with E-state index in [2.05, 4.69) is 11.9 Å². The molecule has 1 aromatic heterocycles. The van der Waals surface area contributed by atoms with Crippen LogP contribution >= 0.6 is 0 Å². The van der Waals surface area contributed by atoms with Crippen LogP contribution in [0.5, 0.6) is 0 Å². The molecule has 3 atom stereocenters. The highest BCUT2D eigenvalue weighted by Crippen LogP contribution is 2.42. The van der Waals surface area contributed by atoms with Gasteiger partial charge in [-0.2, -0.15) is 0 Å². The monoisotopic (exact) mass is 358 g/mol. The highest BCUT2D eigenvalue weighted by Gasteiger charge is 2.44. The molecule has 0 radical (unpaired) electrons. The first-order chi connectivity index (χ1) is 12.5. The van der Waals surface area contributed by atoms with Crippen molar-refractivity contribution in [3.8, 4) is 0 Å². The number of hydrogen-bond donors (Lipinski definition) is 1. The molecule has 1 saturated carbocycles. The van der Waals surface area contributed by atoms with Crippen LogP contribution in [-0.4, -0.2) is 44.7 Å². The van der Waals surface area contributed by atoms with Gasteiger partial charge in [-0.05, 0) is 31.6 Å². The summed E-state index contributed by atoms with van der Waals surface area (Å²) in [7, 11) is 0. The minimum atomic E-state index is -0.172. The van der Waals surface area contributed by atoms with Gasteiger partial charge in [-0.3, -0.25) is 14.4 Å². The zero-order valence-corrected chi connectivity index (χ0v) is 15.5. The van der Waals surface area contributed by atoms with E-state index >= 15 is 0 Å². The Morgan fingerprint density at radius 3 is 2.69 bits per heavy atom. The van der Waals surface area contributed by atoms with Gasteiger partial charge in [-0.1, -0.05) is 6.92 Å². The lowest BCUT2D eigenvalue weighted by atomic mass is 9.99. The van der Waals surface area contributed by atoms with Crippen molar-refractivity contribution < 1.29 is 9.59 Å². The average molecular weight is 358 g/mol. The number of nitrogens with one attached hydrogen (secondary N) is 1. The molecule has 2 aliphatic heterocycles. The van der Waals surface area contributed by atoms with Gasteiger partial charge in [0.25, 0.3) is 5.56 Å². The summed E-state index contributed by atoms with van der Waals surface area (Å²) in [4.78, 5) is 48.3. The Balaban J connectivity index is 1.62. The minimum Gasteiger partial charge on any atom is -0.338 e. The fraction of sp³-hybridized carbons (Fsp3) is 0.684. The lowest BCUT2D eigenvalue weighted by Gasteiger charge is -2.36. The summed E-state index contributed by atoms with van der Waals surface area (Å²) in [5.74, 6) is 1.42. The van der Waals surface area contributed by atoms with Gasteiger partial charge in [-0.15, -0.1) is 0 Å². The van der Waals surface area contributed by atoms with Crippen LogP contribution in [0.3, 0.4) is 0 Å². The van der Waals surface area contributed by atoms with Crippen LogP contribution in [0.25, 0.3) is 0 Å². The number of carbonyl (C=O) groups is 2. The Morgan fingerprint density at radius 1 is 1.23 bits per heavy atom. The maximum atomic E-state index is 12.8. The summed E-state index contributed by atoms with van der Waals surface area (Å²) < 4.78 is 0. The van der Waals surface area contributed by atoms with Gasteiger partial charge in [0.1, 0.15) is 5.82 Å². The van der Waals surface area contributed by atoms with E-state index < -0.39 is 0 Å². The second kappa shape index (κ2) is 6.52. The lowest BCUT2D eigenvalue weighted by molar-refractivity contribution is -0.137. The quantitative estimate of drug-likeness (QED) is 0.865. The molecule has 0 aromatic carbocycles. The Bertz CT molecular complexity index is 802. The van der Waals surface area contributed by atoms with Crippen LogP contribution in [0.1, 0.15) is 62.7 Å². The molecule has 7 nitrogen and oxygen atoms in total. The van der Waals surface area contributed by atoms with E-state index in [0.29, 0.717) is 36.8 Å². The fourth-order valence-corrected chi connectivity index (χ4v) is 4.23. The van der Waals surface area contributed by atoms with E-state index in [1.165, 1.54) is 6.92 Å². The molecule has 2 amide bonds. The molecule has 26 heavy (non-hydrogen) atoms. The Labute approximate surface area is 152 Å². The van der Waals surface area contributed by atoms with Crippen LogP contribution in [0, 0.1) is 11.8 Å². The molecular formula is C19H26N4O3. The first-order valence-corrected chi connectivity index (χ1v) is 9.63. The normalized spacial score (nSPS) is 27.8. The SMILES string of the molecule is CC(=O)N1CCc2nc(C3CCCCN3C(=O)C3CC3C)[nH]c(=O)c2C1. The zero-order chi connectivity index (χ0) is 18.4. The summed E-state index contributed by atoms with van der Waals surface area (Å²) >= 11 is 0. The Hall–Kier alpha value is -2.18. The van der Waals surface area contributed by atoms with Crippen LogP contribution < -0.4 is 5.56 Å². The summed E-state index contributed by atoms with van der Waals surface area (Å²) in [6.45, 7) is 5.28. The number of nitrogens with zero attached hydrogens (tertiary/aromatic N) is 3. The second-order valence-corrected chi connectivity index (χ2v) is 7.93. The van der Waals surface area contributed by atoms with Crippen LogP contribution in [0.2, 0.25) is 0 Å². The molecule has 4 rings (SSSR count). The molecule has 140 valence electrons. The molecule has 1 saturated heterocycles. The van der Waals surface area contributed by atoms with Crippen molar-refractivity contribution >= 4 is 11.8 Å². The van der Waals surface area contributed by atoms with Gasteiger partial charge in [-0.25, -0.2) is 4.98 Å². The number of aromatic amines is 1. The molecule has 3 heterocycles. The number of piperidine rings is 1. The van der Waals surface area contributed by atoms with Crippen molar-refractivity contribution in [1.82, 2.24) is 19.8 Å². The van der Waals surface area contributed by atoms with Crippen molar-refractivity contribution in [2.24, 2.45) is 11.8 Å². The van der Waals surface area contributed by atoms with Crippen LogP contribution in [0.15, 0.2) is 4.79 Å². The average Bonchev–Trinajstić information content (AvgIpc) is 3.37. The van der Waals surface area contributed by atoms with Gasteiger partial charge in [0.15, 0.2) is 0 Å². The van der Waals surface area contributed by atoms with E-state index in [0.717, 1.165) is 37.9 Å². The molecule has 7 heteroatoms. The van der Waals surface area contributed by atoms with Gasteiger partial charge in [0, 0.05) is 32.4 Å². The third-order valence-corrected chi connectivity index (χ3v) is 6.06. The number of likely N-dealkylation sites (tertiary alicyclic amines) is 1. The number of hydrogen-bond acceptors (Lipinski definition) is 4. The van der Waals surface area contributed by atoms with E-state index in [9.17, 15) is 14.4 Å². The number of fused-ring (bicyclic) bond motifs is 1. The smallest absolute Gasteiger partial charge is 0.256 e. The van der Waals surface area contributed by atoms with E-state index in [1.54, 1.807) is 4.90 Å². The molecular weight excluding hydrogens is 332 g/mol. The Morgan fingerprint density at radius 2 is 2.00 bits per heavy atom. The summed E-state index contributed by atoms with van der Waals surface area (Å²) in [5.41, 5.74) is 1.19. The summed E-state index contributed by atoms with van der Waals surface area (Å²) in [6.07, 6.45) is 4.44. The highest BCUT2D eigenvalue weighted by molar-refractivity contribution is 5.82. The van der Waals surface area contributed by atoms with Crippen LogP contribution in [0.4, 0.5) is 0 Å². The van der Waals surface area contributed by atoms with Crippen molar-refractivity contribution in [3.05, 3.63) is 27.4 Å². The predicted octanol–water partition coefficient (Wildman–Crippen LogP) is 1.38. The van der Waals surface area contributed by atoms with E-state index in [4.69, 9.17) is 4.98 Å². The van der Waals surface area contributed by atoms with Gasteiger partial charge >= 0.3 is 0 Å². The van der Waals surface area contributed by atoms with Gasteiger partial charge in [0.05, 0.1) is 23.8 Å². The maximum absolute atomic E-state index is 12.8. The van der Waals surface area contributed by atoms with Gasteiger partial charge < -0.3 is 14.8 Å². The maximum Gasteiger partial charge on any atom is 0.256 e. The predicted molar refractivity (Wildman–Crippen MR) is 95.2 cm³/mol. The van der Waals surface area contributed by atoms with Crippen molar-refractivity contribution in [2.45, 2.75) is 58.5 Å². The molecule has 0 bridgehead atoms. The number of rotatable bonds is 2. The third-order valence-electron chi connectivity index (χ3n) is 6.06. The molecule has 1 aliphatic carbocycles. The molecule has 3 aliphatic rings. The zero-order valence-electron chi connectivity index (χ0n) is 15.5. The lowest BCUT2D eigenvalue weighted by Crippen LogP contribution is -2.42. The topological polar surface area (TPSA) is 86.4 Å². The molecule has 1 aromatic rings. The number of H-pyrrole nitrogens is 1. The second-order valence-electron chi connectivity index (χ2n) is 7.93. The molecule has 1 N–H and O–H groups in total. The number of amides is 2. The largest absolute Gasteiger partial charge is 0.338 e. The third kappa shape index (κ3) is 3.04. The molecule has 3 unspecified atom stereocenters. The van der Waals surface area contributed by atoms with Gasteiger partial charge in [0.2, 0.25) is 11.8 Å². The first kappa shape index (κ1) is 17.2. The number of carbonyl (C=O) groups excluding carboxylic acids is 2. The summed E-state index contributed by atoms with van der Waals surface area (Å²) in [6, 6.07) is -0.132. The molecule has 2 fully saturated rings. The van der Waals surface area contributed by atoms with E-state index in [1.807, 2.05) is 4.90 Å². The Kier molecular flexibility index (Phi) is 4.32. The van der Waals surface area contributed by atoms with E-state index in [-0.39, 0.29) is 29.3 Å². The highest BCUT2D eigenvalue weighted by atomic mass is 16.2. The summed E-state index contributed by atoms with van der Waals surface area (Å²) in [5, 5.41) is 0. The minimum absolute atomic E-state index is 0.0262. The van der Waals surface area contributed by atoms with Crippen LogP contribution in [-0.2, 0) is 22.6 Å². The van der Waals surface area contributed by atoms with Crippen molar-refractivity contribution in [1.29, 1.82) is 0 Å². The first-order valence-electron chi connectivity index (χ1n) is 9.63. The molecule has 0 spiro atoms. The van der Waals surface area contributed by atoms with Crippen molar-refractivity contribution in [3.63, 3.8) is 0 Å².